The van der Waals surface area contributed by atoms with Crippen molar-refractivity contribution in [3.63, 3.8) is 0 Å². The average molecular weight is 194 g/mol. The summed E-state index contributed by atoms with van der Waals surface area (Å²) in [4.78, 5) is 14.1. The number of carboxylic acid groups (broad SMARTS) is 1. The Morgan fingerprint density at radius 2 is 2.43 bits per heavy atom. The first-order chi connectivity index (χ1) is 6.75. The van der Waals surface area contributed by atoms with Crippen molar-refractivity contribution in [2.75, 3.05) is 0 Å². The van der Waals surface area contributed by atoms with Crippen molar-refractivity contribution in [2.24, 2.45) is 0 Å². The van der Waals surface area contributed by atoms with Crippen molar-refractivity contribution in [1.82, 2.24) is 10.1 Å². The number of hydrogen-bond acceptors (Lipinski definition) is 5. The van der Waals surface area contributed by atoms with Gasteiger partial charge in [0.15, 0.2) is 0 Å². The van der Waals surface area contributed by atoms with Crippen LogP contribution in [0.1, 0.15) is 22.3 Å². The van der Waals surface area contributed by atoms with Gasteiger partial charge in [0.1, 0.15) is 5.76 Å². The predicted octanol–water partition coefficient (Wildman–Crippen LogP) is 0.952. The van der Waals surface area contributed by atoms with Crippen LogP contribution >= 0.6 is 0 Å². The van der Waals surface area contributed by atoms with Gasteiger partial charge in [0.25, 0.3) is 5.82 Å². The van der Waals surface area contributed by atoms with Crippen LogP contribution in [-0.4, -0.2) is 21.2 Å². The highest BCUT2D eigenvalue weighted by Crippen LogP contribution is 2.07. The molecule has 2 rings (SSSR count). The van der Waals surface area contributed by atoms with Crippen molar-refractivity contribution >= 4 is 5.97 Å². The highest BCUT2D eigenvalue weighted by molar-refractivity contribution is 5.82. The fourth-order valence-corrected chi connectivity index (χ4v) is 0.976. The number of aromatic nitrogens is 2. The minimum atomic E-state index is -1.21. The third kappa shape index (κ3) is 1.63. The van der Waals surface area contributed by atoms with Gasteiger partial charge in [-0.2, -0.15) is 4.98 Å². The second-order valence-corrected chi connectivity index (χ2v) is 2.57. The summed E-state index contributed by atoms with van der Waals surface area (Å²) in [5, 5.41) is 11.8. The molecule has 0 spiro atoms. The summed E-state index contributed by atoms with van der Waals surface area (Å²) in [6.45, 7) is 0. The molecule has 14 heavy (non-hydrogen) atoms. The molecule has 0 amide bonds. The molecule has 0 radical (unpaired) electrons. The van der Waals surface area contributed by atoms with Gasteiger partial charge in [0.2, 0.25) is 5.89 Å². The summed E-state index contributed by atoms with van der Waals surface area (Å²) in [5.74, 6) is -0.686. The molecule has 0 aliphatic rings. The number of hydrogen-bond donors (Lipinski definition) is 1. The van der Waals surface area contributed by atoms with Gasteiger partial charge in [0, 0.05) is 0 Å². The molecule has 6 heteroatoms. The molecule has 0 saturated carbocycles. The highest BCUT2D eigenvalue weighted by atomic mass is 16.5. The van der Waals surface area contributed by atoms with Gasteiger partial charge in [-0.1, -0.05) is 0 Å². The zero-order valence-electron chi connectivity index (χ0n) is 7.01. The number of furan rings is 1. The molecule has 2 heterocycles. The van der Waals surface area contributed by atoms with Crippen molar-refractivity contribution in [1.29, 1.82) is 0 Å². The molecule has 0 bridgehead atoms. The second-order valence-electron chi connectivity index (χ2n) is 2.57. The van der Waals surface area contributed by atoms with E-state index in [1.165, 1.54) is 6.26 Å². The van der Waals surface area contributed by atoms with E-state index in [2.05, 4.69) is 10.1 Å². The van der Waals surface area contributed by atoms with Gasteiger partial charge in [-0.25, -0.2) is 4.79 Å². The summed E-state index contributed by atoms with van der Waals surface area (Å²) in [6.07, 6.45) is 1.82. The molecule has 0 aliphatic carbocycles. The molecule has 72 valence electrons. The van der Waals surface area contributed by atoms with Gasteiger partial charge < -0.3 is 14.0 Å². The van der Waals surface area contributed by atoms with Gasteiger partial charge in [0.05, 0.1) is 12.7 Å². The Kier molecular flexibility index (Phi) is 2.02. The first kappa shape index (κ1) is 8.49. The largest absolute Gasteiger partial charge is 0.475 e. The fourth-order valence-electron chi connectivity index (χ4n) is 0.976. The Hall–Kier alpha value is -2.11. The standard InChI is InChI=1S/C8H6N2O4/c11-8(12)7-9-6(14-10-7)4-5-2-1-3-13-5/h1-3H,4H2,(H,11,12). The number of carbonyl (C=O) groups is 1. The lowest BCUT2D eigenvalue weighted by Gasteiger charge is -1.86. The second kappa shape index (κ2) is 3.33. The van der Waals surface area contributed by atoms with Crippen LogP contribution in [0.2, 0.25) is 0 Å². The van der Waals surface area contributed by atoms with E-state index in [0.29, 0.717) is 12.2 Å². The molecule has 0 aliphatic heterocycles. The fraction of sp³-hybridized carbons (Fsp3) is 0.125. The summed E-state index contributed by atoms with van der Waals surface area (Å²) < 4.78 is 9.73. The van der Waals surface area contributed by atoms with E-state index in [4.69, 9.17) is 14.0 Å². The van der Waals surface area contributed by atoms with Crippen LogP contribution in [0.5, 0.6) is 0 Å². The minimum Gasteiger partial charge on any atom is -0.475 e. The number of nitrogens with zero attached hydrogens (tertiary/aromatic N) is 2. The van der Waals surface area contributed by atoms with Crippen LogP contribution in [-0.2, 0) is 6.42 Å². The Bertz CT molecular complexity index is 432. The predicted molar refractivity (Wildman–Crippen MR) is 42.8 cm³/mol. The molecular weight excluding hydrogens is 188 g/mol. The minimum absolute atomic E-state index is 0.220. The Morgan fingerprint density at radius 1 is 1.57 bits per heavy atom. The molecule has 0 aromatic carbocycles. The Labute approximate surface area is 78.2 Å². The van der Waals surface area contributed by atoms with E-state index in [1.54, 1.807) is 12.1 Å². The summed E-state index contributed by atoms with van der Waals surface area (Å²) in [6, 6.07) is 3.47. The van der Waals surface area contributed by atoms with E-state index in [0.717, 1.165) is 0 Å². The van der Waals surface area contributed by atoms with E-state index < -0.39 is 5.97 Å². The lowest BCUT2D eigenvalue weighted by atomic mass is 10.3. The van der Waals surface area contributed by atoms with Crippen LogP contribution in [0.3, 0.4) is 0 Å². The molecule has 6 nitrogen and oxygen atoms in total. The molecule has 0 unspecified atom stereocenters. The van der Waals surface area contributed by atoms with Crippen LogP contribution in [0, 0.1) is 0 Å². The smallest absolute Gasteiger partial charge is 0.377 e. The molecular formula is C8H6N2O4. The number of rotatable bonds is 3. The van der Waals surface area contributed by atoms with Gasteiger partial charge in [-0.05, 0) is 17.3 Å². The van der Waals surface area contributed by atoms with Crippen LogP contribution < -0.4 is 0 Å². The SMILES string of the molecule is O=C(O)c1noc(Cc2ccco2)n1. The van der Waals surface area contributed by atoms with Crippen LogP contribution in [0.4, 0.5) is 0 Å². The zero-order chi connectivity index (χ0) is 9.97. The van der Waals surface area contributed by atoms with Gasteiger partial charge >= 0.3 is 5.97 Å². The maximum atomic E-state index is 10.4. The normalized spacial score (nSPS) is 10.3. The van der Waals surface area contributed by atoms with E-state index in [-0.39, 0.29) is 11.7 Å². The lowest BCUT2D eigenvalue weighted by Crippen LogP contribution is -1.98. The number of carboxylic acids is 1. The maximum Gasteiger partial charge on any atom is 0.377 e. The highest BCUT2D eigenvalue weighted by Gasteiger charge is 2.13. The van der Waals surface area contributed by atoms with Crippen molar-refractivity contribution in [3.8, 4) is 0 Å². The third-order valence-electron chi connectivity index (χ3n) is 1.56. The van der Waals surface area contributed by atoms with E-state index in [1.807, 2.05) is 0 Å². The summed E-state index contributed by atoms with van der Waals surface area (Å²) >= 11 is 0. The average Bonchev–Trinajstić information content (AvgIpc) is 2.75. The van der Waals surface area contributed by atoms with Crippen LogP contribution in [0.15, 0.2) is 27.3 Å². The molecule has 0 atom stereocenters. The van der Waals surface area contributed by atoms with Crippen molar-refractivity contribution in [2.45, 2.75) is 6.42 Å². The molecule has 2 aromatic heterocycles. The Balaban J connectivity index is 2.14. The molecule has 2 aromatic rings. The quantitative estimate of drug-likeness (QED) is 0.782. The molecule has 0 saturated heterocycles. The lowest BCUT2D eigenvalue weighted by molar-refractivity contribution is 0.0680. The topological polar surface area (TPSA) is 89.4 Å². The van der Waals surface area contributed by atoms with E-state index >= 15 is 0 Å². The maximum absolute atomic E-state index is 10.4. The summed E-state index contributed by atoms with van der Waals surface area (Å²) in [7, 11) is 0. The first-order valence-electron chi connectivity index (χ1n) is 3.84. The van der Waals surface area contributed by atoms with Crippen molar-refractivity contribution < 1.29 is 18.8 Å². The zero-order valence-corrected chi connectivity index (χ0v) is 7.01. The monoisotopic (exact) mass is 194 g/mol. The summed E-state index contributed by atoms with van der Waals surface area (Å²) in [5.41, 5.74) is 0. The van der Waals surface area contributed by atoms with Gasteiger partial charge in [-0.15, -0.1) is 0 Å². The Morgan fingerprint density at radius 3 is 3.00 bits per heavy atom. The van der Waals surface area contributed by atoms with E-state index in [9.17, 15) is 4.79 Å². The van der Waals surface area contributed by atoms with Crippen molar-refractivity contribution in [3.05, 3.63) is 35.9 Å². The number of aromatic carboxylic acids is 1. The molecule has 1 N–H and O–H groups in total. The first-order valence-corrected chi connectivity index (χ1v) is 3.84. The van der Waals surface area contributed by atoms with Crippen LogP contribution in [0.25, 0.3) is 0 Å². The van der Waals surface area contributed by atoms with Gasteiger partial charge in [-0.3, -0.25) is 0 Å². The third-order valence-corrected chi connectivity index (χ3v) is 1.56. The molecule has 0 fully saturated rings.